The fourth-order valence-corrected chi connectivity index (χ4v) is 2.26. The molecule has 1 heteroatoms. The Morgan fingerprint density at radius 2 is 1.81 bits per heavy atom. The van der Waals surface area contributed by atoms with Crippen molar-refractivity contribution in [3.8, 4) is 0 Å². The highest BCUT2D eigenvalue weighted by atomic mass is 14.8. The number of aryl methyl sites for hydroxylation is 1. The van der Waals surface area contributed by atoms with E-state index in [1.165, 1.54) is 24.0 Å². The predicted molar refractivity (Wildman–Crippen MR) is 69.6 cm³/mol. The maximum absolute atomic E-state index is 6.15. The first-order valence-corrected chi connectivity index (χ1v) is 6.28. The molecule has 1 aliphatic carbocycles. The first-order chi connectivity index (χ1) is 7.41. The van der Waals surface area contributed by atoms with Crippen LogP contribution in [0, 0.1) is 0 Å². The molecule has 0 amide bonds. The molecule has 1 nitrogen and oxygen atoms in total. The summed E-state index contributed by atoms with van der Waals surface area (Å²) in [6.45, 7) is 6.84. The molecule has 0 bridgehead atoms. The fraction of sp³-hybridized carbons (Fsp3) is 0.600. The van der Waals surface area contributed by atoms with Gasteiger partial charge in [-0.05, 0) is 42.2 Å². The average Bonchev–Trinajstić information content (AvgIpc) is 2.94. The lowest BCUT2D eigenvalue weighted by molar-refractivity contribution is 0.565. The molecule has 2 N–H and O–H groups in total. The Labute approximate surface area is 99.0 Å². The standard InChI is InChI=1S/C15H23N/c1-14(2,3)13-7-5-4-6-12(13)8-9-15(16)10-11-15/h4-7H,8-11,16H2,1-3H3. The SMILES string of the molecule is CC(C)(C)c1ccccc1CCC1(N)CC1. The van der Waals surface area contributed by atoms with Gasteiger partial charge in [0.2, 0.25) is 0 Å². The molecule has 0 radical (unpaired) electrons. The maximum atomic E-state index is 6.15. The summed E-state index contributed by atoms with van der Waals surface area (Å²) >= 11 is 0. The quantitative estimate of drug-likeness (QED) is 0.825. The lowest BCUT2D eigenvalue weighted by atomic mass is 9.82. The second-order valence-electron chi connectivity index (χ2n) is 6.27. The molecule has 88 valence electrons. The van der Waals surface area contributed by atoms with Crippen LogP contribution in [0.3, 0.4) is 0 Å². The average molecular weight is 217 g/mol. The lowest BCUT2D eigenvalue weighted by Crippen LogP contribution is -2.23. The van der Waals surface area contributed by atoms with Crippen LogP contribution in [0.25, 0.3) is 0 Å². The van der Waals surface area contributed by atoms with E-state index in [0.29, 0.717) is 0 Å². The van der Waals surface area contributed by atoms with Crippen molar-refractivity contribution in [1.29, 1.82) is 0 Å². The molecule has 0 heterocycles. The van der Waals surface area contributed by atoms with Crippen LogP contribution in [0.5, 0.6) is 0 Å². The minimum absolute atomic E-state index is 0.172. The number of benzene rings is 1. The molecular weight excluding hydrogens is 194 g/mol. The summed E-state index contributed by atoms with van der Waals surface area (Å²) in [5.41, 5.74) is 9.51. The monoisotopic (exact) mass is 217 g/mol. The molecule has 1 aliphatic rings. The molecule has 0 unspecified atom stereocenters. The van der Waals surface area contributed by atoms with Gasteiger partial charge in [-0.1, -0.05) is 45.0 Å². The molecule has 1 aromatic rings. The van der Waals surface area contributed by atoms with Crippen LogP contribution < -0.4 is 5.73 Å². The van der Waals surface area contributed by atoms with E-state index in [1.807, 2.05) is 0 Å². The van der Waals surface area contributed by atoms with Crippen molar-refractivity contribution in [2.24, 2.45) is 5.73 Å². The molecular formula is C15H23N. The zero-order valence-electron chi connectivity index (χ0n) is 10.7. The third kappa shape index (κ3) is 2.65. The van der Waals surface area contributed by atoms with Gasteiger partial charge >= 0.3 is 0 Å². The normalized spacial score (nSPS) is 18.5. The van der Waals surface area contributed by atoms with Crippen LogP contribution in [-0.4, -0.2) is 5.54 Å². The Kier molecular flexibility index (Phi) is 2.83. The summed E-state index contributed by atoms with van der Waals surface area (Å²) in [7, 11) is 0. The summed E-state index contributed by atoms with van der Waals surface area (Å²) in [5.74, 6) is 0. The summed E-state index contributed by atoms with van der Waals surface area (Å²) in [6, 6.07) is 8.79. The number of hydrogen-bond acceptors (Lipinski definition) is 1. The van der Waals surface area contributed by atoms with Crippen LogP contribution in [0.1, 0.15) is 51.2 Å². The zero-order chi connectivity index (χ0) is 11.8. The summed E-state index contributed by atoms with van der Waals surface area (Å²) in [4.78, 5) is 0. The zero-order valence-corrected chi connectivity index (χ0v) is 10.7. The molecule has 0 aliphatic heterocycles. The third-order valence-electron chi connectivity index (χ3n) is 3.61. The van der Waals surface area contributed by atoms with Crippen molar-refractivity contribution in [3.63, 3.8) is 0 Å². The van der Waals surface area contributed by atoms with Crippen molar-refractivity contribution in [3.05, 3.63) is 35.4 Å². The van der Waals surface area contributed by atoms with E-state index in [-0.39, 0.29) is 11.0 Å². The van der Waals surface area contributed by atoms with Gasteiger partial charge < -0.3 is 5.73 Å². The van der Waals surface area contributed by atoms with Gasteiger partial charge in [0.15, 0.2) is 0 Å². The molecule has 0 saturated heterocycles. The second kappa shape index (κ2) is 3.89. The van der Waals surface area contributed by atoms with E-state index < -0.39 is 0 Å². The largest absolute Gasteiger partial charge is 0.325 e. The van der Waals surface area contributed by atoms with Crippen LogP contribution in [-0.2, 0) is 11.8 Å². The Morgan fingerprint density at radius 3 is 2.38 bits per heavy atom. The molecule has 1 saturated carbocycles. The highest BCUT2D eigenvalue weighted by molar-refractivity contribution is 5.33. The van der Waals surface area contributed by atoms with E-state index in [9.17, 15) is 0 Å². The van der Waals surface area contributed by atoms with E-state index in [2.05, 4.69) is 45.0 Å². The Morgan fingerprint density at radius 1 is 1.19 bits per heavy atom. The molecule has 0 spiro atoms. The Balaban J connectivity index is 2.13. The van der Waals surface area contributed by atoms with Crippen LogP contribution in [0.2, 0.25) is 0 Å². The first-order valence-electron chi connectivity index (χ1n) is 6.28. The summed E-state index contributed by atoms with van der Waals surface area (Å²) < 4.78 is 0. The minimum Gasteiger partial charge on any atom is -0.325 e. The van der Waals surface area contributed by atoms with Crippen molar-refractivity contribution in [1.82, 2.24) is 0 Å². The summed E-state index contributed by atoms with van der Waals surface area (Å²) in [5, 5.41) is 0. The highest BCUT2D eigenvalue weighted by Gasteiger charge is 2.37. The maximum Gasteiger partial charge on any atom is 0.0158 e. The van der Waals surface area contributed by atoms with Gasteiger partial charge in [-0.25, -0.2) is 0 Å². The minimum atomic E-state index is 0.172. The topological polar surface area (TPSA) is 26.0 Å². The van der Waals surface area contributed by atoms with E-state index in [4.69, 9.17) is 5.73 Å². The molecule has 16 heavy (non-hydrogen) atoms. The van der Waals surface area contributed by atoms with Crippen molar-refractivity contribution in [2.75, 3.05) is 0 Å². The molecule has 0 atom stereocenters. The van der Waals surface area contributed by atoms with Crippen LogP contribution >= 0.6 is 0 Å². The van der Waals surface area contributed by atoms with Gasteiger partial charge in [-0.3, -0.25) is 0 Å². The smallest absolute Gasteiger partial charge is 0.0158 e. The third-order valence-corrected chi connectivity index (χ3v) is 3.61. The van der Waals surface area contributed by atoms with Crippen molar-refractivity contribution < 1.29 is 0 Å². The number of nitrogens with two attached hydrogens (primary N) is 1. The number of rotatable bonds is 3. The van der Waals surface area contributed by atoms with Gasteiger partial charge in [-0.2, -0.15) is 0 Å². The molecule has 1 fully saturated rings. The van der Waals surface area contributed by atoms with E-state index >= 15 is 0 Å². The summed E-state index contributed by atoms with van der Waals surface area (Å²) in [6.07, 6.45) is 4.69. The molecule has 2 rings (SSSR count). The Bertz CT molecular complexity index is 369. The van der Waals surface area contributed by atoms with E-state index in [0.717, 1.165) is 12.8 Å². The lowest BCUT2D eigenvalue weighted by Gasteiger charge is -2.23. The highest BCUT2D eigenvalue weighted by Crippen LogP contribution is 2.37. The van der Waals surface area contributed by atoms with Crippen LogP contribution in [0.4, 0.5) is 0 Å². The van der Waals surface area contributed by atoms with Gasteiger partial charge in [0.05, 0.1) is 0 Å². The second-order valence-corrected chi connectivity index (χ2v) is 6.27. The molecule has 0 aromatic heterocycles. The van der Waals surface area contributed by atoms with Gasteiger partial charge in [0.1, 0.15) is 0 Å². The van der Waals surface area contributed by atoms with Crippen molar-refractivity contribution >= 4 is 0 Å². The Hall–Kier alpha value is -0.820. The first kappa shape index (κ1) is 11.7. The van der Waals surface area contributed by atoms with Gasteiger partial charge in [0, 0.05) is 5.54 Å². The number of hydrogen-bond donors (Lipinski definition) is 1. The van der Waals surface area contributed by atoms with Crippen LogP contribution in [0.15, 0.2) is 24.3 Å². The fourth-order valence-electron chi connectivity index (χ4n) is 2.26. The van der Waals surface area contributed by atoms with Crippen molar-refractivity contribution in [2.45, 2.75) is 57.4 Å². The molecule has 1 aromatic carbocycles. The van der Waals surface area contributed by atoms with E-state index in [1.54, 1.807) is 0 Å². The van der Waals surface area contributed by atoms with Gasteiger partial charge in [-0.15, -0.1) is 0 Å². The predicted octanol–water partition coefficient (Wildman–Crippen LogP) is 3.41. The van der Waals surface area contributed by atoms with Gasteiger partial charge in [0.25, 0.3) is 0 Å².